The van der Waals surface area contributed by atoms with Gasteiger partial charge in [-0.2, -0.15) is 4.31 Å². The molecule has 1 atom stereocenters. The number of amides is 1. The van der Waals surface area contributed by atoms with Crippen LogP contribution in [0.2, 0.25) is 0 Å². The van der Waals surface area contributed by atoms with Crippen LogP contribution in [0.3, 0.4) is 0 Å². The highest BCUT2D eigenvalue weighted by molar-refractivity contribution is 7.89. The highest BCUT2D eigenvalue weighted by Crippen LogP contribution is 2.26. The average Bonchev–Trinajstić information content (AvgIpc) is 3.46. The fourth-order valence-electron chi connectivity index (χ4n) is 4.65. The third-order valence-corrected chi connectivity index (χ3v) is 8.33. The number of hydrogen-bond donors (Lipinski definition) is 1. The molecular weight excluding hydrogens is 428 g/mol. The van der Waals surface area contributed by atoms with Gasteiger partial charge in [0.1, 0.15) is 5.52 Å². The van der Waals surface area contributed by atoms with E-state index >= 15 is 0 Å². The molecule has 0 saturated carbocycles. The van der Waals surface area contributed by atoms with Crippen molar-refractivity contribution in [3.05, 3.63) is 18.2 Å². The standard InChI is InChI=1S/C22H34N6O3S/c1-17(2)28-21-9-8-19(15-20(21)24-25-28)32(30,31)27-14-5-7-18(16-27)22(29)23-10-6-13-26-11-3-4-12-26/h8-9,15,17-18H,3-7,10-14,16H2,1-2H3,(H,23,29). The molecule has 1 amide bonds. The Morgan fingerprint density at radius 1 is 1.19 bits per heavy atom. The van der Waals surface area contributed by atoms with E-state index < -0.39 is 10.0 Å². The molecule has 2 aliphatic rings. The van der Waals surface area contributed by atoms with Crippen LogP contribution in [0, 0.1) is 5.92 Å². The Hall–Kier alpha value is -2.04. The molecular formula is C22H34N6O3S. The summed E-state index contributed by atoms with van der Waals surface area (Å²) < 4.78 is 29.8. The van der Waals surface area contributed by atoms with Gasteiger partial charge in [0.2, 0.25) is 15.9 Å². The van der Waals surface area contributed by atoms with Gasteiger partial charge in [0.25, 0.3) is 0 Å². The first-order valence-corrected chi connectivity index (χ1v) is 13.2. The molecule has 9 nitrogen and oxygen atoms in total. The first kappa shape index (κ1) is 23.1. The fraction of sp³-hybridized carbons (Fsp3) is 0.682. The summed E-state index contributed by atoms with van der Waals surface area (Å²) in [7, 11) is -3.70. The molecule has 3 heterocycles. The van der Waals surface area contributed by atoms with Gasteiger partial charge in [0.15, 0.2) is 0 Å². The SMILES string of the molecule is CC(C)n1nnc2cc(S(=O)(=O)N3CCCC(C(=O)NCCCN4CCCC4)C3)ccc21. The predicted octanol–water partition coefficient (Wildman–Crippen LogP) is 2.01. The van der Waals surface area contributed by atoms with Gasteiger partial charge in [-0.1, -0.05) is 5.21 Å². The van der Waals surface area contributed by atoms with Gasteiger partial charge in [-0.3, -0.25) is 4.79 Å². The summed E-state index contributed by atoms with van der Waals surface area (Å²) in [6.45, 7) is 8.62. The molecule has 2 aliphatic heterocycles. The molecule has 1 unspecified atom stereocenters. The van der Waals surface area contributed by atoms with E-state index in [1.54, 1.807) is 22.9 Å². The third-order valence-electron chi connectivity index (χ3n) is 6.47. The molecule has 2 fully saturated rings. The summed E-state index contributed by atoms with van der Waals surface area (Å²) in [6.07, 6.45) is 4.85. The normalized spacial score (nSPS) is 20.9. The minimum atomic E-state index is -3.70. The first-order valence-electron chi connectivity index (χ1n) is 11.7. The number of nitrogens with zero attached hydrogens (tertiary/aromatic N) is 5. The molecule has 0 spiro atoms. The second-order valence-corrected chi connectivity index (χ2v) is 11.1. The number of likely N-dealkylation sites (tertiary alicyclic amines) is 1. The van der Waals surface area contributed by atoms with Crippen molar-refractivity contribution in [1.29, 1.82) is 0 Å². The maximum absolute atomic E-state index is 13.3. The van der Waals surface area contributed by atoms with Crippen LogP contribution < -0.4 is 5.32 Å². The Balaban J connectivity index is 1.37. The van der Waals surface area contributed by atoms with Crippen LogP contribution in [0.1, 0.15) is 52.0 Å². The monoisotopic (exact) mass is 462 g/mol. The number of carbonyl (C=O) groups excluding carboxylic acids is 1. The molecule has 0 radical (unpaired) electrons. The Morgan fingerprint density at radius 2 is 1.97 bits per heavy atom. The van der Waals surface area contributed by atoms with Crippen molar-refractivity contribution in [3.63, 3.8) is 0 Å². The van der Waals surface area contributed by atoms with E-state index in [4.69, 9.17) is 0 Å². The smallest absolute Gasteiger partial charge is 0.243 e. The average molecular weight is 463 g/mol. The van der Waals surface area contributed by atoms with Gasteiger partial charge >= 0.3 is 0 Å². The molecule has 1 aromatic heterocycles. The molecule has 10 heteroatoms. The summed E-state index contributed by atoms with van der Waals surface area (Å²) >= 11 is 0. The van der Waals surface area contributed by atoms with E-state index in [9.17, 15) is 13.2 Å². The molecule has 0 bridgehead atoms. The Kier molecular flexibility index (Phi) is 7.11. The van der Waals surface area contributed by atoms with Crippen molar-refractivity contribution >= 4 is 27.0 Å². The summed E-state index contributed by atoms with van der Waals surface area (Å²) in [5.74, 6) is -0.350. The predicted molar refractivity (Wildman–Crippen MR) is 123 cm³/mol. The molecule has 0 aliphatic carbocycles. The number of hydrogen-bond acceptors (Lipinski definition) is 6. The number of aromatic nitrogens is 3. The molecule has 2 saturated heterocycles. The Bertz CT molecular complexity index is 1050. The fourth-order valence-corrected chi connectivity index (χ4v) is 6.20. The molecule has 4 rings (SSSR count). The first-order chi connectivity index (χ1) is 15.4. The highest BCUT2D eigenvalue weighted by Gasteiger charge is 2.33. The van der Waals surface area contributed by atoms with Crippen molar-refractivity contribution in [2.24, 2.45) is 5.92 Å². The van der Waals surface area contributed by atoms with E-state index in [0.717, 1.165) is 31.6 Å². The van der Waals surface area contributed by atoms with Gasteiger partial charge in [-0.25, -0.2) is 13.1 Å². The summed E-state index contributed by atoms with van der Waals surface area (Å²) in [4.78, 5) is 15.3. The van der Waals surface area contributed by atoms with Crippen LogP contribution in [0.5, 0.6) is 0 Å². The lowest BCUT2D eigenvalue weighted by atomic mass is 9.99. The topological polar surface area (TPSA) is 100 Å². The van der Waals surface area contributed by atoms with Crippen molar-refractivity contribution in [1.82, 2.24) is 29.5 Å². The van der Waals surface area contributed by atoms with Crippen LogP contribution in [-0.4, -0.2) is 77.8 Å². The number of fused-ring (bicyclic) bond motifs is 1. The van der Waals surface area contributed by atoms with Crippen LogP contribution in [-0.2, 0) is 14.8 Å². The van der Waals surface area contributed by atoms with Gasteiger partial charge in [-0.15, -0.1) is 5.10 Å². The lowest BCUT2D eigenvalue weighted by Gasteiger charge is -2.31. The largest absolute Gasteiger partial charge is 0.356 e. The number of nitrogens with one attached hydrogen (secondary N) is 1. The Morgan fingerprint density at radius 3 is 2.72 bits per heavy atom. The molecule has 176 valence electrons. The summed E-state index contributed by atoms with van der Waals surface area (Å²) in [5, 5.41) is 11.3. The summed E-state index contributed by atoms with van der Waals surface area (Å²) in [5.41, 5.74) is 1.37. The molecule has 1 N–H and O–H groups in total. The lowest BCUT2D eigenvalue weighted by molar-refractivity contribution is -0.126. The zero-order valence-electron chi connectivity index (χ0n) is 19.0. The maximum Gasteiger partial charge on any atom is 0.243 e. The van der Waals surface area contributed by atoms with E-state index in [0.29, 0.717) is 31.4 Å². The van der Waals surface area contributed by atoms with Crippen molar-refractivity contribution in [3.8, 4) is 0 Å². The number of carbonyl (C=O) groups is 1. The van der Waals surface area contributed by atoms with Crippen molar-refractivity contribution in [2.75, 3.05) is 39.3 Å². The van der Waals surface area contributed by atoms with E-state index in [1.165, 1.54) is 17.1 Å². The second kappa shape index (κ2) is 9.84. The molecule has 2 aromatic rings. The number of benzene rings is 1. The molecule has 1 aromatic carbocycles. The summed E-state index contributed by atoms with van der Waals surface area (Å²) in [6, 6.07) is 5.09. The van der Waals surface area contributed by atoms with E-state index in [-0.39, 0.29) is 29.3 Å². The minimum Gasteiger partial charge on any atom is -0.356 e. The third kappa shape index (κ3) is 4.97. The zero-order chi connectivity index (χ0) is 22.7. The van der Waals surface area contributed by atoms with Gasteiger partial charge in [0, 0.05) is 25.7 Å². The van der Waals surface area contributed by atoms with Crippen LogP contribution >= 0.6 is 0 Å². The van der Waals surface area contributed by atoms with Gasteiger partial charge in [0.05, 0.1) is 16.3 Å². The zero-order valence-corrected chi connectivity index (χ0v) is 19.9. The second-order valence-electron chi connectivity index (χ2n) is 9.17. The number of sulfonamides is 1. The van der Waals surface area contributed by atoms with E-state index in [1.807, 2.05) is 13.8 Å². The van der Waals surface area contributed by atoms with Crippen LogP contribution in [0.4, 0.5) is 0 Å². The van der Waals surface area contributed by atoms with Gasteiger partial charge < -0.3 is 10.2 Å². The van der Waals surface area contributed by atoms with Crippen molar-refractivity contribution in [2.45, 2.75) is 56.9 Å². The number of rotatable bonds is 8. The van der Waals surface area contributed by atoms with Gasteiger partial charge in [-0.05, 0) is 83.8 Å². The van der Waals surface area contributed by atoms with Crippen molar-refractivity contribution < 1.29 is 13.2 Å². The lowest BCUT2D eigenvalue weighted by Crippen LogP contribution is -2.45. The van der Waals surface area contributed by atoms with Crippen LogP contribution in [0.25, 0.3) is 11.0 Å². The number of piperidine rings is 1. The van der Waals surface area contributed by atoms with Crippen LogP contribution in [0.15, 0.2) is 23.1 Å². The quantitative estimate of drug-likeness (QED) is 0.603. The minimum absolute atomic E-state index is 0.0401. The Labute approximate surface area is 190 Å². The highest BCUT2D eigenvalue weighted by atomic mass is 32.2. The molecule has 32 heavy (non-hydrogen) atoms. The van der Waals surface area contributed by atoms with E-state index in [2.05, 4.69) is 20.5 Å². The maximum atomic E-state index is 13.3.